The summed E-state index contributed by atoms with van der Waals surface area (Å²) in [7, 11) is -4.66. The fourth-order valence-corrected chi connectivity index (χ4v) is 5.89. The molecule has 0 aromatic heterocycles. The summed E-state index contributed by atoms with van der Waals surface area (Å²) in [6.07, 6.45) is 2.05. The first-order chi connectivity index (χ1) is 18.1. The van der Waals surface area contributed by atoms with Crippen LogP contribution in [0, 0.1) is 13.8 Å². The molecule has 0 aliphatic carbocycles. The van der Waals surface area contributed by atoms with Crippen LogP contribution < -0.4 is 4.74 Å². The minimum Gasteiger partial charge on any atom is -0.744 e. The third-order valence-corrected chi connectivity index (χ3v) is 7.86. The van der Waals surface area contributed by atoms with E-state index in [0.717, 1.165) is 32.5 Å². The molecule has 1 fully saturated rings. The van der Waals surface area contributed by atoms with Crippen molar-refractivity contribution in [3.8, 4) is 5.75 Å². The molecule has 0 radical (unpaired) electrons. The Hall–Kier alpha value is -3.76. The normalized spacial score (nSPS) is 14.3. The molecule has 0 N–H and O–H groups in total. The molecule has 0 atom stereocenters. The van der Waals surface area contributed by atoms with Crippen molar-refractivity contribution < 1.29 is 36.9 Å². The van der Waals surface area contributed by atoms with Crippen LogP contribution in [0.5, 0.6) is 5.75 Å². The maximum absolute atomic E-state index is 12.0. The summed E-state index contributed by atoms with van der Waals surface area (Å²) in [6, 6.07) is 10.8. The molecule has 2 amide bonds. The zero-order valence-corrected chi connectivity index (χ0v) is 21.9. The maximum Gasteiger partial charge on any atom is 0.333 e. The van der Waals surface area contributed by atoms with E-state index in [0.29, 0.717) is 47.6 Å². The van der Waals surface area contributed by atoms with Crippen LogP contribution in [0.4, 0.5) is 0 Å². The summed E-state index contributed by atoms with van der Waals surface area (Å²) in [5.41, 5.74) is 1.67. The predicted octanol–water partition coefficient (Wildman–Crippen LogP) is 4.65. The first-order valence-electron chi connectivity index (χ1n) is 12.4. The number of benzene rings is 4. The molecule has 0 bridgehead atoms. The average Bonchev–Trinajstić information content (AvgIpc) is 3.18. The third kappa shape index (κ3) is 4.65. The molecular weight excluding hydrogens is 510 g/mol. The van der Waals surface area contributed by atoms with Crippen LogP contribution in [0.15, 0.2) is 41.3 Å². The standard InChI is InChI=1S/C28H27NO8S/c1-16-14-22(36-13-5-3-4-6-26(32)37-29-24(30)11-12-25(29)31)20-9-10-21-23(38(33,34)35)15-17(2)19-8-7-18(16)27(20)28(19)21/h7-10,14-15H,3-6,11-13H2,1-2H3,(H,33,34,35)/p-1. The molecule has 9 nitrogen and oxygen atoms in total. The smallest absolute Gasteiger partial charge is 0.333 e. The van der Waals surface area contributed by atoms with Crippen molar-refractivity contribution in [3.05, 3.63) is 47.5 Å². The van der Waals surface area contributed by atoms with Crippen molar-refractivity contribution in [1.29, 1.82) is 0 Å². The lowest BCUT2D eigenvalue weighted by Crippen LogP contribution is -2.31. The molecule has 0 unspecified atom stereocenters. The van der Waals surface area contributed by atoms with Gasteiger partial charge in [0, 0.05) is 35.4 Å². The van der Waals surface area contributed by atoms with Gasteiger partial charge in [-0.15, -0.1) is 5.06 Å². The molecule has 4 aromatic carbocycles. The Labute approximate surface area is 219 Å². The van der Waals surface area contributed by atoms with E-state index in [2.05, 4.69) is 0 Å². The van der Waals surface area contributed by atoms with Gasteiger partial charge in [-0.1, -0.05) is 18.2 Å². The van der Waals surface area contributed by atoms with Gasteiger partial charge in [0.25, 0.3) is 11.8 Å². The molecule has 10 heteroatoms. The highest BCUT2D eigenvalue weighted by Crippen LogP contribution is 2.43. The molecule has 198 valence electrons. The number of hydrogen-bond donors (Lipinski definition) is 0. The Morgan fingerprint density at radius 2 is 1.45 bits per heavy atom. The van der Waals surface area contributed by atoms with E-state index in [9.17, 15) is 27.4 Å². The summed E-state index contributed by atoms with van der Waals surface area (Å²) in [5.74, 6) is -0.961. The number of ether oxygens (including phenoxy) is 1. The van der Waals surface area contributed by atoms with Crippen LogP contribution in [-0.4, -0.2) is 42.4 Å². The van der Waals surface area contributed by atoms with Crippen LogP contribution in [0.25, 0.3) is 32.3 Å². The van der Waals surface area contributed by atoms with Crippen molar-refractivity contribution in [2.24, 2.45) is 0 Å². The number of hydrogen-bond acceptors (Lipinski definition) is 8. The van der Waals surface area contributed by atoms with Crippen molar-refractivity contribution >= 4 is 60.2 Å². The number of amides is 2. The van der Waals surface area contributed by atoms with Gasteiger partial charge in [-0.25, -0.2) is 13.2 Å². The highest BCUT2D eigenvalue weighted by molar-refractivity contribution is 7.86. The Morgan fingerprint density at radius 3 is 2.11 bits per heavy atom. The molecule has 4 aromatic rings. The second-order valence-electron chi connectivity index (χ2n) is 9.61. The minimum absolute atomic E-state index is 0.0600. The molecular formula is C28H26NO8S-. The van der Waals surface area contributed by atoms with Crippen LogP contribution in [-0.2, 0) is 29.3 Å². The summed E-state index contributed by atoms with van der Waals surface area (Å²) >= 11 is 0. The Balaban J connectivity index is 1.31. The van der Waals surface area contributed by atoms with E-state index >= 15 is 0 Å². The zero-order chi connectivity index (χ0) is 27.2. The molecule has 1 aliphatic heterocycles. The zero-order valence-electron chi connectivity index (χ0n) is 21.0. The molecule has 0 spiro atoms. The van der Waals surface area contributed by atoms with Crippen molar-refractivity contribution in [2.75, 3.05) is 6.61 Å². The fraction of sp³-hybridized carbons (Fsp3) is 0.321. The van der Waals surface area contributed by atoms with Crippen LogP contribution in [0.1, 0.15) is 49.7 Å². The first kappa shape index (κ1) is 25.9. The van der Waals surface area contributed by atoms with Gasteiger partial charge >= 0.3 is 5.97 Å². The minimum atomic E-state index is -4.66. The van der Waals surface area contributed by atoms with Gasteiger partial charge in [0.2, 0.25) is 0 Å². The Kier molecular flexibility index (Phi) is 6.70. The molecule has 0 saturated carbocycles. The Bertz CT molecular complexity index is 1690. The highest BCUT2D eigenvalue weighted by atomic mass is 32.2. The lowest BCUT2D eigenvalue weighted by atomic mass is 9.90. The second kappa shape index (κ2) is 9.85. The number of carbonyl (C=O) groups excluding carboxylic acids is 3. The summed E-state index contributed by atoms with van der Waals surface area (Å²) in [4.78, 5) is 39.7. The topological polar surface area (TPSA) is 130 Å². The number of imide groups is 1. The van der Waals surface area contributed by atoms with Gasteiger partial charge < -0.3 is 14.1 Å². The van der Waals surface area contributed by atoms with E-state index in [-0.39, 0.29) is 24.2 Å². The number of unbranched alkanes of at least 4 members (excludes halogenated alkanes) is 2. The number of rotatable bonds is 9. The van der Waals surface area contributed by atoms with E-state index in [1.54, 1.807) is 19.1 Å². The molecule has 38 heavy (non-hydrogen) atoms. The van der Waals surface area contributed by atoms with Crippen molar-refractivity contribution in [2.45, 2.75) is 57.3 Å². The van der Waals surface area contributed by atoms with E-state index < -0.39 is 27.9 Å². The predicted molar refractivity (Wildman–Crippen MR) is 139 cm³/mol. The molecule has 5 rings (SSSR count). The van der Waals surface area contributed by atoms with E-state index in [4.69, 9.17) is 9.57 Å². The lowest BCUT2D eigenvalue weighted by Gasteiger charge is -2.20. The number of nitrogens with zero attached hydrogens (tertiary/aromatic N) is 1. The molecule has 1 saturated heterocycles. The largest absolute Gasteiger partial charge is 0.744 e. The quantitative estimate of drug-likeness (QED) is 0.131. The van der Waals surface area contributed by atoms with Gasteiger partial charge in [0.15, 0.2) is 0 Å². The van der Waals surface area contributed by atoms with Crippen molar-refractivity contribution in [1.82, 2.24) is 5.06 Å². The molecule has 1 heterocycles. The van der Waals surface area contributed by atoms with Crippen LogP contribution in [0.3, 0.4) is 0 Å². The van der Waals surface area contributed by atoms with Gasteiger partial charge in [-0.2, -0.15) is 0 Å². The van der Waals surface area contributed by atoms with Crippen LogP contribution >= 0.6 is 0 Å². The first-order valence-corrected chi connectivity index (χ1v) is 13.8. The second-order valence-corrected chi connectivity index (χ2v) is 11.0. The number of aryl methyl sites for hydroxylation is 2. The maximum atomic E-state index is 12.0. The van der Waals surface area contributed by atoms with Gasteiger partial charge in [-0.05, 0) is 78.6 Å². The fourth-order valence-electron chi connectivity index (χ4n) is 5.13. The SMILES string of the molecule is Cc1cc(OCCCCCC(=O)ON2C(=O)CCC2=O)c2ccc3c(S(=O)(=O)[O-])cc(C)c4ccc1c2c43. The van der Waals surface area contributed by atoms with E-state index in [1.165, 1.54) is 6.07 Å². The number of carbonyl (C=O) groups is 3. The highest BCUT2D eigenvalue weighted by Gasteiger charge is 2.32. The van der Waals surface area contributed by atoms with E-state index in [1.807, 2.05) is 25.1 Å². The van der Waals surface area contributed by atoms with Gasteiger partial charge in [0.1, 0.15) is 15.9 Å². The van der Waals surface area contributed by atoms with Crippen LogP contribution in [0.2, 0.25) is 0 Å². The van der Waals surface area contributed by atoms with Gasteiger partial charge in [0.05, 0.1) is 11.5 Å². The monoisotopic (exact) mass is 536 g/mol. The van der Waals surface area contributed by atoms with Gasteiger partial charge in [-0.3, -0.25) is 9.59 Å². The lowest BCUT2D eigenvalue weighted by molar-refractivity contribution is -0.197. The summed E-state index contributed by atoms with van der Waals surface area (Å²) in [6.45, 7) is 4.14. The Morgan fingerprint density at radius 1 is 0.868 bits per heavy atom. The molecule has 1 aliphatic rings. The third-order valence-electron chi connectivity index (χ3n) is 6.99. The number of hydroxylamine groups is 2. The summed E-state index contributed by atoms with van der Waals surface area (Å²) < 4.78 is 42.1. The average molecular weight is 537 g/mol. The van der Waals surface area contributed by atoms with Crippen molar-refractivity contribution in [3.63, 3.8) is 0 Å². The summed E-state index contributed by atoms with van der Waals surface area (Å²) in [5, 5.41) is 5.21.